The van der Waals surface area contributed by atoms with E-state index in [0.29, 0.717) is 34.6 Å². The van der Waals surface area contributed by atoms with Gasteiger partial charge < -0.3 is 11.1 Å². The Balaban J connectivity index is 2.64. The summed E-state index contributed by atoms with van der Waals surface area (Å²) in [5, 5.41) is 3.64. The molecule has 1 unspecified atom stereocenters. The number of carbonyl (C=O) groups excluding carboxylic acids is 1. The zero-order valence-corrected chi connectivity index (χ0v) is 12.8. The lowest BCUT2D eigenvalue weighted by atomic mass is 9.94. The summed E-state index contributed by atoms with van der Waals surface area (Å²) in [6, 6.07) is 5.12. The van der Waals surface area contributed by atoms with Crippen LogP contribution in [0, 0.1) is 11.8 Å². The molecule has 1 rings (SSSR count). The smallest absolute Gasteiger partial charge is 0.224 e. The van der Waals surface area contributed by atoms with E-state index in [4.69, 9.17) is 28.9 Å². The number of carbonyl (C=O) groups is 1. The molecule has 0 aliphatic heterocycles. The molecule has 0 aliphatic carbocycles. The maximum Gasteiger partial charge on any atom is 0.224 e. The fourth-order valence-corrected chi connectivity index (χ4v) is 2.49. The van der Waals surface area contributed by atoms with Gasteiger partial charge in [0.05, 0.1) is 15.7 Å². The predicted octanol–water partition coefficient (Wildman–Crippen LogP) is 3.94. The molecule has 19 heavy (non-hydrogen) atoms. The standard InChI is InChI=1S/C14H20Cl2N2O/c1-9(2)6-10(8-17)7-13(19)18-14-11(15)4-3-5-12(14)16/h3-5,9-10H,6-8,17H2,1-2H3,(H,18,19). The van der Waals surface area contributed by atoms with Gasteiger partial charge >= 0.3 is 0 Å². The number of halogens is 2. The summed E-state index contributed by atoms with van der Waals surface area (Å²) in [7, 11) is 0. The van der Waals surface area contributed by atoms with Crippen LogP contribution in [0.25, 0.3) is 0 Å². The van der Waals surface area contributed by atoms with E-state index in [9.17, 15) is 4.79 Å². The predicted molar refractivity (Wildman–Crippen MR) is 81.7 cm³/mol. The molecule has 0 saturated carbocycles. The minimum absolute atomic E-state index is 0.105. The topological polar surface area (TPSA) is 55.1 Å². The lowest BCUT2D eigenvalue weighted by Crippen LogP contribution is -2.23. The van der Waals surface area contributed by atoms with E-state index in [1.54, 1.807) is 18.2 Å². The summed E-state index contributed by atoms with van der Waals surface area (Å²) in [6.07, 6.45) is 1.32. The molecule has 3 N–H and O–H groups in total. The SMILES string of the molecule is CC(C)CC(CN)CC(=O)Nc1c(Cl)cccc1Cl. The van der Waals surface area contributed by atoms with Crippen LogP contribution in [0.5, 0.6) is 0 Å². The minimum atomic E-state index is -0.105. The first-order valence-electron chi connectivity index (χ1n) is 6.38. The van der Waals surface area contributed by atoms with Crippen LogP contribution in [-0.2, 0) is 4.79 Å². The van der Waals surface area contributed by atoms with Crippen molar-refractivity contribution in [1.29, 1.82) is 0 Å². The highest BCUT2D eigenvalue weighted by Gasteiger charge is 2.16. The number of benzene rings is 1. The average Bonchev–Trinajstić information content (AvgIpc) is 2.32. The first kappa shape index (κ1) is 16.3. The van der Waals surface area contributed by atoms with E-state index in [-0.39, 0.29) is 11.8 Å². The van der Waals surface area contributed by atoms with Gasteiger partial charge in [0.25, 0.3) is 0 Å². The molecular formula is C14H20Cl2N2O. The fourth-order valence-electron chi connectivity index (χ4n) is 2.00. The number of hydrogen-bond acceptors (Lipinski definition) is 2. The molecule has 106 valence electrons. The van der Waals surface area contributed by atoms with Gasteiger partial charge in [0.1, 0.15) is 0 Å². The van der Waals surface area contributed by atoms with Crippen molar-refractivity contribution in [3.05, 3.63) is 28.2 Å². The largest absolute Gasteiger partial charge is 0.330 e. The average molecular weight is 303 g/mol. The van der Waals surface area contributed by atoms with Crippen LogP contribution in [0.2, 0.25) is 10.0 Å². The Labute approximate surface area is 124 Å². The van der Waals surface area contributed by atoms with Gasteiger partial charge in [0.15, 0.2) is 0 Å². The highest BCUT2D eigenvalue weighted by molar-refractivity contribution is 6.39. The third-order valence-corrected chi connectivity index (χ3v) is 3.47. The molecule has 0 bridgehead atoms. The minimum Gasteiger partial charge on any atom is -0.330 e. The van der Waals surface area contributed by atoms with E-state index in [1.807, 2.05) is 0 Å². The van der Waals surface area contributed by atoms with Gasteiger partial charge in [-0.05, 0) is 36.9 Å². The first-order chi connectivity index (χ1) is 8.93. The van der Waals surface area contributed by atoms with Gasteiger partial charge in [-0.3, -0.25) is 4.79 Å². The summed E-state index contributed by atoms with van der Waals surface area (Å²) in [5.41, 5.74) is 6.16. The summed E-state index contributed by atoms with van der Waals surface area (Å²) < 4.78 is 0. The Bertz CT molecular complexity index is 415. The van der Waals surface area contributed by atoms with Crippen molar-refractivity contribution in [1.82, 2.24) is 0 Å². The molecule has 1 aromatic carbocycles. The number of nitrogens with one attached hydrogen (secondary N) is 1. The van der Waals surface area contributed by atoms with Crippen molar-refractivity contribution in [2.75, 3.05) is 11.9 Å². The van der Waals surface area contributed by atoms with Crippen molar-refractivity contribution in [3.63, 3.8) is 0 Å². The van der Waals surface area contributed by atoms with Crippen LogP contribution in [0.4, 0.5) is 5.69 Å². The third-order valence-electron chi connectivity index (χ3n) is 2.84. The van der Waals surface area contributed by atoms with E-state index < -0.39 is 0 Å². The van der Waals surface area contributed by atoms with Crippen LogP contribution in [-0.4, -0.2) is 12.5 Å². The molecule has 0 radical (unpaired) electrons. The fraction of sp³-hybridized carbons (Fsp3) is 0.500. The zero-order chi connectivity index (χ0) is 14.4. The molecule has 1 atom stereocenters. The Morgan fingerprint density at radius 3 is 2.37 bits per heavy atom. The van der Waals surface area contributed by atoms with Crippen LogP contribution in [0.1, 0.15) is 26.7 Å². The molecule has 0 aliphatic rings. The van der Waals surface area contributed by atoms with Crippen LogP contribution in [0.15, 0.2) is 18.2 Å². The lowest BCUT2D eigenvalue weighted by Gasteiger charge is -2.17. The molecule has 3 nitrogen and oxygen atoms in total. The van der Waals surface area contributed by atoms with Crippen molar-refractivity contribution in [2.45, 2.75) is 26.7 Å². The second-order valence-electron chi connectivity index (χ2n) is 5.08. The summed E-state index contributed by atoms with van der Waals surface area (Å²) in [5.74, 6) is 0.595. The maximum atomic E-state index is 12.0. The third kappa shape index (κ3) is 5.39. The number of para-hydroxylation sites is 1. The van der Waals surface area contributed by atoms with E-state index in [0.717, 1.165) is 6.42 Å². The number of nitrogens with two attached hydrogens (primary N) is 1. The highest BCUT2D eigenvalue weighted by Crippen LogP contribution is 2.30. The maximum absolute atomic E-state index is 12.0. The van der Waals surface area contributed by atoms with Crippen molar-refractivity contribution in [2.24, 2.45) is 17.6 Å². The molecule has 5 heteroatoms. The van der Waals surface area contributed by atoms with Crippen LogP contribution in [0.3, 0.4) is 0 Å². The molecule has 0 heterocycles. The van der Waals surface area contributed by atoms with Crippen molar-refractivity contribution < 1.29 is 4.79 Å². The van der Waals surface area contributed by atoms with Gasteiger partial charge in [-0.1, -0.05) is 43.1 Å². The number of rotatable bonds is 6. The Morgan fingerprint density at radius 2 is 1.89 bits per heavy atom. The Kier molecular flexibility index (Phi) is 6.63. The van der Waals surface area contributed by atoms with Gasteiger partial charge in [0, 0.05) is 6.42 Å². The monoisotopic (exact) mass is 302 g/mol. The quantitative estimate of drug-likeness (QED) is 0.836. The van der Waals surface area contributed by atoms with Crippen LogP contribution < -0.4 is 11.1 Å². The summed E-state index contributed by atoms with van der Waals surface area (Å²) in [6.45, 7) is 4.73. The van der Waals surface area contributed by atoms with Crippen LogP contribution >= 0.6 is 23.2 Å². The molecule has 0 spiro atoms. The highest BCUT2D eigenvalue weighted by atomic mass is 35.5. The van der Waals surface area contributed by atoms with Gasteiger partial charge in [-0.2, -0.15) is 0 Å². The van der Waals surface area contributed by atoms with E-state index >= 15 is 0 Å². The lowest BCUT2D eigenvalue weighted by molar-refractivity contribution is -0.117. The summed E-state index contributed by atoms with van der Waals surface area (Å²) >= 11 is 12.0. The van der Waals surface area contributed by atoms with Gasteiger partial charge in [0.2, 0.25) is 5.91 Å². The molecule has 1 amide bonds. The molecule has 0 aromatic heterocycles. The van der Waals surface area contributed by atoms with Gasteiger partial charge in [-0.15, -0.1) is 0 Å². The second-order valence-corrected chi connectivity index (χ2v) is 5.89. The molecule has 1 aromatic rings. The normalized spacial score (nSPS) is 12.5. The number of amides is 1. The van der Waals surface area contributed by atoms with Crippen molar-refractivity contribution in [3.8, 4) is 0 Å². The van der Waals surface area contributed by atoms with Crippen molar-refractivity contribution >= 4 is 34.8 Å². The molecule has 0 saturated heterocycles. The molecule has 0 fully saturated rings. The Hall–Kier alpha value is -0.770. The summed E-state index contributed by atoms with van der Waals surface area (Å²) in [4.78, 5) is 12.0. The zero-order valence-electron chi connectivity index (χ0n) is 11.2. The number of anilines is 1. The van der Waals surface area contributed by atoms with E-state index in [1.165, 1.54) is 0 Å². The second kappa shape index (κ2) is 7.73. The van der Waals surface area contributed by atoms with Gasteiger partial charge in [-0.25, -0.2) is 0 Å². The Morgan fingerprint density at radius 1 is 1.32 bits per heavy atom. The first-order valence-corrected chi connectivity index (χ1v) is 7.13. The number of hydrogen-bond donors (Lipinski definition) is 2. The molecular weight excluding hydrogens is 283 g/mol. The van der Waals surface area contributed by atoms with E-state index in [2.05, 4.69) is 19.2 Å².